The van der Waals surface area contributed by atoms with E-state index in [4.69, 9.17) is 5.73 Å². The molecule has 0 saturated heterocycles. The molecule has 2 rings (SSSR count). The third-order valence-electron chi connectivity index (χ3n) is 3.77. The first kappa shape index (κ1) is 17.5. The van der Waals surface area contributed by atoms with Gasteiger partial charge < -0.3 is 11.1 Å². The summed E-state index contributed by atoms with van der Waals surface area (Å²) in [6.45, 7) is 0.465. The molecular weight excluding hydrogens is 296 g/mol. The second-order valence-electron chi connectivity index (χ2n) is 5.19. The molecule has 1 aliphatic rings. The van der Waals surface area contributed by atoms with Crippen molar-refractivity contribution in [3.05, 3.63) is 33.1 Å². The molecule has 1 aromatic heterocycles. The van der Waals surface area contributed by atoms with Gasteiger partial charge in [-0.1, -0.05) is 12.8 Å². The fourth-order valence-electron chi connectivity index (χ4n) is 2.66. The topological polar surface area (TPSA) is 110 Å². The van der Waals surface area contributed by atoms with Crippen LogP contribution in [0.5, 0.6) is 0 Å². The van der Waals surface area contributed by atoms with E-state index in [0.717, 1.165) is 25.7 Å². The van der Waals surface area contributed by atoms with E-state index in [-0.39, 0.29) is 30.9 Å². The number of nitrogens with zero attached hydrogens (tertiary/aromatic N) is 1. The van der Waals surface area contributed by atoms with E-state index in [9.17, 15) is 14.4 Å². The number of carbonyl (C=O) groups is 1. The second kappa shape index (κ2) is 7.99. The second-order valence-corrected chi connectivity index (χ2v) is 5.19. The van der Waals surface area contributed by atoms with Gasteiger partial charge in [0.2, 0.25) is 5.91 Å². The lowest BCUT2D eigenvalue weighted by Gasteiger charge is -2.31. The van der Waals surface area contributed by atoms with Crippen LogP contribution in [0.15, 0.2) is 21.9 Å². The van der Waals surface area contributed by atoms with Crippen molar-refractivity contribution in [2.45, 2.75) is 38.3 Å². The molecule has 21 heavy (non-hydrogen) atoms. The Hall–Kier alpha value is -1.60. The van der Waals surface area contributed by atoms with Crippen molar-refractivity contribution >= 4 is 18.3 Å². The van der Waals surface area contributed by atoms with Crippen LogP contribution >= 0.6 is 12.4 Å². The van der Waals surface area contributed by atoms with Crippen molar-refractivity contribution in [2.24, 2.45) is 11.7 Å². The largest absolute Gasteiger partial charge is 0.351 e. The molecule has 4 N–H and O–H groups in total. The lowest BCUT2D eigenvalue weighted by Crippen LogP contribution is -2.46. The van der Waals surface area contributed by atoms with Crippen LogP contribution in [0.4, 0.5) is 0 Å². The van der Waals surface area contributed by atoms with Gasteiger partial charge in [0.15, 0.2) is 0 Å². The smallest absolute Gasteiger partial charge is 0.328 e. The van der Waals surface area contributed by atoms with Gasteiger partial charge in [0.1, 0.15) is 6.54 Å². The van der Waals surface area contributed by atoms with Crippen molar-refractivity contribution in [1.82, 2.24) is 14.9 Å². The molecule has 0 aromatic carbocycles. The highest BCUT2D eigenvalue weighted by atomic mass is 35.5. The number of carbonyl (C=O) groups excluding carboxylic acids is 1. The molecule has 2 atom stereocenters. The average molecular weight is 317 g/mol. The molecule has 0 bridgehead atoms. The van der Waals surface area contributed by atoms with Gasteiger partial charge in [-0.05, 0) is 25.3 Å². The van der Waals surface area contributed by atoms with Gasteiger partial charge in [-0.2, -0.15) is 0 Å². The summed E-state index contributed by atoms with van der Waals surface area (Å²) in [4.78, 5) is 36.5. The van der Waals surface area contributed by atoms with Gasteiger partial charge in [0.05, 0.1) is 0 Å². The Bertz CT molecular complexity index is 583. The van der Waals surface area contributed by atoms with E-state index >= 15 is 0 Å². The number of halogens is 1. The number of nitrogens with one attached hydrogen (secondary N) is 2. The number of H-pyrrole nitrogens is 1. The van der Waals surface area contributed by atoms with Crippen molar-refractivity contribution in [3.63, 3.8) is 0 Å². The molecule has 1 saturated carbocycles. The molecule has 0 aliphatic heterocycles. The molecule has 0 spiro atoms. The fraction of sp³-hybridized carbons (Fsp3) is 0.615. The Morgan fingerprint density at radius 3 is 2.76 bits per heavy atom. The molecular formula is C13H21ClN4O3. The third-order valence-corrected chi connectivity index (χ3v) is 3.77. The van der Waals surface area contributed by atoms with E-state index in [2.05, 4.69) is 10.3 Å². The number of amides is 1. The lowest BCUT2D eigenvalue weighted by atomic mass is 9.84. The normalized spacial score (nSPS) is 21.4. The molecule has 1 aromatic rings. The van der Waals surface area contributed by atoms with Crippen molar-refractivity contribution < 1.29 is 4.79 Å². The van der Waals surface area contributed by atoms with E-state index in [1.807, 2.05) is 0 Å². The zero-order valence-corrected chi connectivity index (χ0v) is 12.5. The zero-order valence-electron chi connectivity index (χ0n) is 11.7. The predicted octanol–water partition coefficient (Wildman–Crippen LogP) is -0.408. The first-order chi connectivity index (χ1) is 9.60. The predicted molar refractivity (Wildman–Crippen MR) is 81.5 cm³/mol. The number of hydrogen-bond donors (Lipinski definition) is 3. The van der Waals surface area contributed by atoms with Gasteiger partial charge in [-0.15, -0.1) is 12.4 Å². The van der Waals surface area contributed by atoms with E-state index in [1.54, 1.807) is 0 Å². The molecule has 1 fully saturated rings. The minimum absolute atomic E-state index is 0. The van der Waals surface area contributed by atoms with Crippen LogP contribution in [0.25, 0.3) is 0 Å². The summed E-state index contributed by atoms with van der Waals surface area (Å²) < 4.78 is 1.18. The van der Waals surface area contributed by atoms with Crippen LogP contribution in [-0.2, 0) is 11.3 Å². The standard InChI is InChI=1S/C13H20N4O3.ClH/c14-7-9-3-1-2-4-10(9)15-12(19)8-17-6-5-11(18)16-13(17)20;/h5-6,9-10H,1-4,7-8,14H2,(H,15,19)(H,16,18,20);1H. The van der Waals surface area contributed by atoms with Crippen LogP contribution in [0.1, 0.15) is 25.7 Å². The summed E-state index contributed by atoms with van der Waals surface area (Å²) in [6.07, 6.45) is 5.50. The Labute approximate surface area is 128 Å². The minimum atomic E-state index is -0.577. The molecule has 0 radical (unpaired) electrons. The van der Waals surface area contributed by atoms with E-state index < -0.39 is 11.2 Å². The van der Waals surface area contributed by atoms with Crippen molar-refractivity contribution in [3.8, 4) is 0 Å². The quantitative estimate of drug-likeness (QED) is 0.701. The summed E-state index contributed by atoms with van der Waals surface area (Å²) >= 11 is 0. The maximum absolute atomic E-state index is 12.0. The maximum Gasteiger partial charge on any atom is 0.328 e. The van der Waals surface area contributed by atoms with Crippen LogP contribution < -0.4 is 22.3 Å². The fourth-order valence-corrected chi connectivity index (χ4v) is 2.66. The van der Waals surface area contributed by atoms with E-state index in [0.29, 0.717) is 12.5 Å². The molecule has 7 nitrogen and oxygen atoms in total. The minimum Gasteiger partial charge on any atom is -0.351 e. The maximum atomic E-state index is 12.0. The van der Waals surface area contributed by atoms with Crippen LogP contribution in [0, 0.1) is 5.92 Å². The summed E-state index contributed by atoms with van der Waals surface area (Å²) in [5, 5.41) is 2.94. The van der Waals surface area contributed by atoms with Gasteiger partial charge in [-0.25, -0.2) is 4.79 Å². The van der Waals surface area contributed by atoms with Crippen LogP contribution in [-0.4, -0.2) is 28.0 Å². The highest BCUT2D eigenvalue weighted by molar-refractivity contribution is 5.85. The first-order valence-corrected chi connectivity index (χ1v) is 6.89. The number of aromatic nitrogens is 2. The van der Waals surface area contributed by atoms with Crippen LogP contribution in [0.2, 0.25) is 0 Å². The number of nitrogens with two attached hydrogens (primary N) is 1. The molecule has 2 unspecified atom stereocenters. The molecule has 1 heterocycles. The van der Waals surface area contributed by atoms with Crippen molar-refractivity contribution in [2.75, 3.05) is 6.54 Å². The molecule has 1 aliphatic carbocycles. The Morgan fingerprint density at radius 2 is 2.10 bits per heavy atom. The molecule has 118 valence electrons. The number of aromatic amines is 1. The highest BCUT2D eigenvalue weighted by Crippen LogP contribution is 2.23. The number of hydrogen-bond acceptors (Lipinski definition) is 4. The monoisotopic (exact) mass is 316 g/mol. The molecule has 1 amide bonds. The summed E-state index contributed by atoms with van der Waals surface area (Å²) in [5.41, 5.74) is 4.67. The summed E-state index contributed by atoms with van der Waals surface area (Å²) in [7, 11) is 0. The Morgan fingerprint density at radius 1 is 1.38 bits per heavy atom. The first-order valence-electron chi connectivity index (χ1n) is 6.89. The SMILES string of the molecule is Cl.NCC1CCCCC1NC(=O)Cn1ccc(=O)[nH]c1=O. The van der Waals surface area contributed by atoms with E-state index in [1.165, 1.54) is 16.8 Å². The van der Waals surface area contributed by atoms with Crippen LogP contribution in [0.3, 0.4) is 0 Å². The Balaban J connectivity index is 0.00000220. The highest BCUT2D eigenvalue weighted by Gasteiger charge is 2.25. The average Bonchev–Trinajstić information content (AvgIpc) is 2.42. The summed E-state index contributed by atoms with van der Waals surface area (Å²) in [5.74, 6) is 0.0736. The van der Waals surface area contributed by atoms with Crippen molar-refractivity contribution in [1.29, 1.82) is 0 Å². The molecule has 8 heteroatoms. The van der Waals surface area contributed by atoms with Gasteiger partial charge >= 0.3 is 5.69 Å². The Kier molecular flexibility index (Phi) is 6.64. The summed E-state index contributed by atoms with van der Waals surface area (Å²) in [6, 6.07) is 1.30. The zero-order chi connectivity index (χ0) is 14.5. The lowest BCUT2D eigenvalue weighted by molar-refractivity contribution is -0.123. The van der Waals surface area contributed by atoms with Gasteiger partial charge in [-0.3, -0.25) is 19.1 Å². The third kappa shape index (κ3) is 4.71. The number of rotatable bonds is 4. The van der Waals surface area contributed by atoms with Gasteiger partial charge in [0, 0.05) is 18.3 Å². The van der Waals surface area contributed by atoms with Gasteiger partial charge in [0.25, 0.3) is 5.56 Å².